The van der Waals surface area contributed by atoms with Crippen LogP contribution in [0.2, 0.25) is 0 Å². The zero-order chi connectivity index (χ0) is 19.7. The van der Waals surface area contributed by atoms with Gasteiger partial charge >= 0.3 is 0 Å². The summed E-state index contributed by atoms with van der Waals surface area (Å²) in [7, 11) is 0. The van der Waals surface area contributed by atoms with Crippen molar-refractivity contribution in [3.63, 3.8) is 0 Å². The van der Waals surface area contributed by atoms with Gasteiger partial charge in [-0.15, -0.1) is 0 Å². The average Bonchev–Trinajstić information content (AvgIpc) is 3.39. The largest absolute Gasteiger partial charge is 0.326 e. The highest BCUT2D eigenvalue weighted by Gasteiger charge is 2.48. The number of anilines is 2. The van der Waals surface area contributed by atoms with Gasteiger partial charge in [-0.2, -0.15) is 0 Å². The number of carbonyl (C=O) groups excluding carboxylic acids is 2. The maximum absolute atomic E-state index is 12.6. The van der Waals surface area contributed by atoms with Crippen molar-refractivity contribution in [2.75, 3.05) is 10.6 Å². The van der Waals surface area contributed by atoms with Crippen molar-refractivity contribution in [1.29, 1.82) is 0 Å². The molecule has 3 rings (SSSR count). The molecule has 2 N–H and O–H groups in total. The Hall–Kier alpha value is -2.62. The summed E-state index contributed by atoms with van der Waals surface area (Å²) in [5.41, 5.74) is 6.15. The van der Waals surface area contributed by atoms with Crippen molar-refractivity contribution in [2.45, 2.75) is 47.0 Å². The third-order valence-corrected chi connectivity index (χ3v) is 5.23. The first-order valence-electron chi connectivity index (χ1n) is 9.55. The Bertz CT molecular complexity index is 845. The number of hydrogen-bond donors (Lipinski definition) is 2. The van der Waals surface area contributed by atoms with Crippen LogP contribution in [0.4, 0.5) is 11.4 Å². The standard InChI is InChI=1S/C23H28N2O2/c1-13(2)17-6-8-18(9-7-17)24-22(26)19-12-20(19)23(27)25-21-15(4)10-14(3)11-16(21)5/h6-11,13,19-20H,12H2,1-5H3,(H,24,26)(H,25,27). The topological polar surface area (TPSA) is 58.2 Å². The van der Waals surface area contributed by atoms with Gasteiger partial charge < -0.3 is 10.6 Å². The minimum absolute atomic E-state index is 0.0691. The first kappa shape index (κ1) is 19.2. The molecule has 0 spiro atoms. The van der Waals surface area contributed by atoms with E-state index in [2.05, 4.69) is 36.6 Å². The lowest BCUT2D eigenvalue weighted by Crippen LogP contribution is -2.21. The van der Waals surface area contributed by atoms with Crippen LogP contribution in [0.15, 0.2) is 36.4 Å². The van der Waals surface area contributed by atoms with Crippen LogP contribution in [0.1, 0.15) is 48.4 Å². The number of benzene rings is 2. The fourth-order valence-corrected chi connectivity index (χ4v) is 3.55. The molecular weight excluding hydrogens is 336 g/mol. The fourth-order valence-electron chi connectivity index (χ4n) is 3.55. The SMILES string of the molecule is Cc1cc(C)c(NC(=O)C2CC2C(=O)Nc2ccc(C(C)C)cc2)c(C)c1. The third kappa shape index (κ3) is 4.38. The zero-order valence-corrected chi connectivity index (χ0v) is 16.7. The normalized spacial score (nSPS) is 18.3. The fraction of sp³-hybridized carbons (Fsp3) is 0.391. The first-order valence-corrected chi connectivity index (χ1v) is 9.55. The Morgan fingerprint density at radius 2 is 1.41 bits per heavy atom. The van der Waals surface area contributed by atoms with E-state index < -0.39 is 0 Å². The summed E-state index contributed by atoms with van der Waals surface area (Å²) >= 11 is 0. The Morgan fingerprint density at radius 1 is 0.889 bits per heavy atom. The van der Waals surface area contributed by atoms with E-state index in [1.165, 1.54) is 11.1 Å². The third-order valence-electron chi connectivity index (χ3n) is 5.23. The van der Waals surface area contributed by atoms with Crippen LogP contribution >= 0.6 is 0 Å². The van der Waals surface area contributed by atoms with Gasteiger partial charge in [0.05, 0.1) is 11.8 Å². The molecule has 0 aromatic heterocycles. The number of carbonyl (C=O) groups is 2. The summed E-state index contributed by atoms with van der Waals surface area (Å²) in [5, 5.41) is 5.95. The molecule has 0 aliphatic heterocycles. The van der Waals surface area contributed by atoms with Gasteiger partial charge in [-0.05, 0) is 61.9 Å². The number of amides is 2. The van der Waals surface area contributed by atoms with E-state index in [1.807, 2.05) is 45.0 Å². The molecule has 1 aliphatic rings. The summed E-state index contributed by atoms with van der Waals surface area (Å²) < 4.78 is 0. The summed E-state index contributed by atoms with van der Waals surface area (Å²) in [6.45, 7) is 10.3. The first-order chi connectivity index (χ1) is 12.8. The van der Waals surface area contributed by atoms with E-state index in [-0.39, 0.29) is 23.7 Å². The predicted octanol–water partition coefficient (Wildman–Crippen LogP) is 4.95. The van der Waals surface area contributed by atoms with Gasteiger partial charge in [0.2, 0.25) is 11.8 Å². The molecule has 2 amide bonds. The number of aryl methyl sites for hydroxylation is 3. The average molecular weight is 364 g/mol. The van der Waals surface area contributed by atoms with Crippen molar-refractivity contribution in [3.8, 4) is 0 Å². The van der Waals surface area contributed by atoms with E-state index >= 15 is 0 Å². The van der Waals surface area contributed by atoms with Crippen LogP contribution in [-0.4, -0.2) is 11.8 Å². The van der Waals surface area contributed by atoms with E-state index in [1.54, 1.807) is 0 Å². The van der Waals surface area contributed by atoms with E-state index in [0.717, 1.165) is 22.5 Å². The predicted molar refractivity (Wildman–Crippen MR) is 110 cm³/mol. The summed E-state index contributed by atoms with van der Waals surface area (Å²) in [6, 6.07) is 12.0. The van der Waals surface area contributed by atoms with Crippen molar-refractivity contribution in [3.05, 3.63) is 58.7 Å². The maximum Gasteiger partial charge on any atom is 0.228 e. The van der Waals surface area contributed by atoms with Crippen LogP contribution in [0, 0.1) is 32.6 Å². The van der Waals surface area contributed by atoms with Crippen LogP contribution in [0.5, 0.6) is 0 Å². The van der Waals surface area contributed by atoms with Crippen molar-refractivity contribution >= 4 is 23.2 Å². The molecule has 0 bridgehead atoms. The van der Waals surface area contributed by atoms with Gasteiger partial charge in [0.15, 0.2) is 0 Å². The molecule has 1 aliphatic carbocycles. The van der Waals surface area contributed by atoms with E-state index in [0.29, 0.717) is 12.3 Å². The van der Waals surface area contributed by atoms with Crippen LogP contribution in [0.3, 0.4) is 0 Å². The molecule has 2 aromatic carbocycles. The molecule has 1 saturated carbocycles. The molecular formula is C23H28N2O2. The molecule has 4 nitrogen and oxygen atoms in total. The molecule has 2 unspecified atom stereocenters. The Kier molecular flexibility index (Phi) is 5.36. The zero-order valence-electron chi connectivity index (χ0n) is 16.7. The number of hydrogen-bond acceptors (Lipinski definition) is 2. The second-order valence-electron chi connectivity index (χ2n) is 7.98. The van der Waals surface area contributed by atoms with Crippen LogP contribution in [0.25, 0.3) is 0 Å². The molecule has 2 atom stereocenters. The Morgan fingerprint density at radius 3 is 1.93 bits per heavy atom. The van der Waals surface area contributed by atoms with Gasteiger partial charge in [-0.25, -0.2) is 0 Å². The highest BCUT2D eigenvalue weighted by Crippen LogP contribution is 2.40. The van der Waals surface area contributed by atoms with Crippen LogP contribution < -0.4 is 10.6 Å². The van der Waals surface area contributed by atoms with Crippen molar-refractivity contribution < 1.29 is 9.59 Å². The summed E-state index contributed by atoms with van der Waals surface area (Å²) in [4.78, 5) is 25.0. The Balaban J connectivity index is 1.58. The lowest BCUT2D eigenvalue weighted by Gasteiger charge is -2.13. The molecule has 142 valence electrons. The number of nitrogens with one attached hydrogen (secondary N) is 2. The van der Waals surface area contributed by atoms with Crippen LogP contribution in [-0.2, 0) is 9.59 Å². The molecule has 0 saturated heterocycles. The molecule has 0 radical (unpaired) electrons. The Labute approximate surface area is 161 Å². The monoisotopic (exact) mass is 364 g/mol. The highest BCUT2D eigenvalue weighted by molar-refractivity contribution is 6.03. The van der Waals surface area contributed by atoms with Gasteiger partial charge in [0.1, 0.15) is 0 Å². The van der Waals surface area contributed by atoms with E-state index in [4.69, 9.17) is 0 Å². The minimum atomic E-state index is -0.250. The summed E-state index contributed by atoms with van der Waals surface area (Å²) in [5.74, 6) is -0.189. The lowest BCUT2D eigenvalue weighted by atomic mass is 10.0. The lowest BCUT2D eigenvalue weighted by molar-refractivity contribution is -0.122. The van der Waals surface area contributed by atoms with Gasteiger partial charge in [-0.3, -0.25) is 9.59 Å². The molecule has 0 heterocycles. The smallest absolute Gasteiger partial charge is 0.228 e. The molecule has 2 aromatic rings. The minimum Gasteiger partial charge on any atom is -0.326 e. The second kappa shape index (κ2) is 7.55. The molecule has 1 fully saturated rings. The molecule has 27 heavy (non-hydrogen) atoms. The molecule has 4 heteroatoms. The van der Waals surface area contributed by atoms with Gasteiger partial charge in [0, 0.05) is 11.4 Å². The highest BCUT2D eigenvalue weighted by atomic mass is 16.2. The second-order valence-corrected chi connectivity index (χ2v) is 7.98. The number of rotatable bonds is 5. The van der Waals surface area contributed by atoms with Crippen molar-refractivity contribution in [2.24, 2.45) is 11.8 Å². The quantitative estimate of drug-likeness (QED) is 0.789. The summed E-state index contributed by atoms with van der Waals surface area (Å²) in [6.07, 6.45) is 0.603. The van der Waals surface area contributed by atoms with Gasteiger partial charge in [-0.1, -0.05) is 43.7 Å². The van der Waals surface area contributed by atoms with Gasteiger partial charge in [0.25, 0.3) is 0 Å². The van der Waals surface area contributed by atoms with Crippen molar-refractivity contribution in [1.82, 2.24) is 0 Å². The van der Waals surface area contributed by atoms with E-state index in [9.17, 15) is 9.59 Å². The maximum atomic E-state index is 12.6.